The molecule has 0 saturated carbocycles. The molecule has 0 radical (unpaired) electrons. The van der Waals surface area contributed by atoms with Crippen LogP contribution in [0.2, 0.25) is 0 Å². The fourth-order valence-corrected chi connectivity index (χ4v) is 2.10. The van der Waals surface area contributed by atoms with Crippen LogP contribution in [0, 0.1) is 13.8 Å². The van der Waals surface area contributed by atoms with Gasteiger partial charge in [-0.2, -0.15) is 0 Å². The lowest BCUT2D eigenvalue weighted by Gasteiger charge is -2.17. The Hall–Kier alpha value is -0.630. The number of carbonyl (C=O) groups excluding carboxylic acids is 1. The van der Waals surface area contributed by atoms with Crippen LogP contribution in [-0.2, 0) is 4.79 Å². The fraction of sp³-hybridized carbons (Fsp3) is 0.462. The number of rotatable bonds is 3. The summed E-state index contributed by atoms with van der Waals surface area (Å²) in [7, 11) is 0. The van der Waals surface area contributed by atoms with E-state index in [1.54, 1.807) is 6.92 Å². The molecule has 2 atom stereocenters. The normalized spacial score (nSPS) is 14.7. The van der Waals surface area contributed by atoms with Gasteiger partial charge in [0, 0.05) is 5.92 Å². The lowest BCUT2D eigenvalue weighted by Crippen LogP contribution is -2.17. The van der Waals surface area contributed by atoms with Crippen LogP contribution in [-0.4, -0.2) is 10.6 Å². The van der Waals surface area contributed by atoms with Crippen LogP contribution >= 0.6 is 15.9 Å². The molecule has 2 unspecified atom stereocenters. The van der Waals surface area contributed by atoms with E-state index < -0.39 is 0 Å². The monoisotopic (exact) mass is 268 g/mol. The second-order valence-corrected chi connectivity index (χ2v) is 5.21. The van der Waals surface area contributed by atoms with Crippen molar-refractivity contribution in [1.29, 1.82) is 0 Å². The third-order valence-electron chi connectivity index (χ3n) is 2.60. The van der Waals surface area contributed by atoms with Gasteiger partial charge in [-0.1, -0.05) is 52.2 Å². The molecular formula is C13H17BrO. The second kappa shape index (κ2) is 4.93. The van der Waals surface area contributed by atoms with Crippen molar-refractivity contribution < 1.29 is 4.79 Å². The van der Waals surface area contributed by atoms with E-state index in [0.29, 0.717) is 0 Å². The first-order valence-electron chi connectivity index (χ1n) is 5.14. The Balaban J connectivity index is 3.00. The molecule has 0 bridgehead atoms. The molecule has 0 amide bonds. The summed E-state index contributed by atoms with van der Waals surface area (Å²) in [6, 6.07) is 6.44. The number of aryl methyl sites for hydroxylation is 2. The quantitative estimate of drug-likeness (QED) is 0.763. The molecule has 1 rings (SSSR count). The number of benzene rings is 1. The highest BCUT2D eigenvalue weighted by atomic mass is 79.9. The fourth-order valence-electron chi connectivity index (χ4n) is 1.79. The number of ketones is 1. The molecule has 0 aliphatic heterocycles. The van der Waals surface area contributed by atoms with E-state index in [9.17, 15) is 4.79 Å². The molecular weight excluding hydrogens is 252 g/mol. The summed E-state index contributed by atoms with van der Waals surface area (Å²) in [6.07, 6.45) is 0. The van der Waals surface area contributed by atoms with Gasteiger partial charge in [-0.3, -0.25) is 4.79 Å². The van der Waals surface area contributed by atoms with Gasteiger partial charge in [0.2, 0.25) is 0 Å². The van der Waals surface area contributed by atoms with Crippen molar-refractivity contribution in [2.75, 3.05) is 0 Å². The number of hydrogen-bond acceptors (Lipinski definition) is 1. The molecule has 0 aromatic heterocycles. The van der Waals surface area contributed by atoms with Crippen LogP contribution in [0.5, 0.6) is 0 Å². The van der Waals surface area contributed by atoms with Gasteiger partial charge in [0.25, 0.3) is 0 Å². The van der Waals surface area contributed by atoms with Gasteiger partial charge in [-0.15, -0.1) is 0 Å². The Morgan fingerprint density at radius 1 is 1.20 bits per heavy atom. The van der Waals surface area contributed by atoms with Gasteiger partial charge in [0.05, 0.1) is 4.83 Å². The van der Waals surface area contributed by atoms with Gasteiger partial charge in [0.1, 0.15) is 5.78 Å². The second-order valence-electron chi connectivity index (χ2n) is 4.22. The van der Waals surface area contributed by atoms with Crippen molar-refractivity contribution in [3.8, 4) is 0 Å². The maximum Gasteiger partial charge on any atom is 0.144 e. The average Bonchev–Trinajstić information content (AvgIpc) is 2.13. The highest BCUT2D eigenvalue weighted by Crippen LogP contribution is 2.26. The summed E-state index contributed by atoms with van der Waals surface area (Å²) in [6.45, 7) is 7.87. The standard InChI is InChI=1S/C13H17BrO/c1-8-5-9(2)7-12(6-8)10(3)13(14)11(4)15/h5-7,10,13H,1-4H3. The Bertz CT molecular complexity index is 351. The summed E-state index contributed by atoms with van der Waals surface area (Å²) in [4.78, 5) is 11.2. The van der Waals surface area contributed by atoms with Crippen molar-refractivity contribution in [2.45, 2.75) is 38.4 Å². The predicted molar refractivity (Wildman–Crippen MR) is 67.7 cm³/mol. The summed E-state index contributed by atoms with van der Waals surface area (Å²) in [5.41, 5.74) is 3.73. The van der Waals surface area contributed by atoms with Crippen LogP contribution in [0.4, 0.5) is 0 Å². The Morgan fingerprint density at radius 3 is 2.07 bits per heavy atom. The molecule has 0 fully saturated rings. The van der Waals surface area contributed by atoms with Crippen molar-refractivity contribution in [3.05, 3.63) is 34.9 Å². The molecule has 1 nitrogen and oxygen atoms in total. The van der Waals surface area contributed by atoms with Crippen LogP contribution in [0.3, 0.4) is 0 Å². The van der Waals surface area contributed by atoms with E-state index in [-0.39, 0.29) is 16.5 Å². The van der Waals surface area contributed by atoms with Gasteiger partial charge in [0.15, 0.2) is 0 Å². The number of hydrogen-bond donors (Lipinski definition) is 0. The Kier molecular flexibility index (Phi) is 4.09. The molecule has 0 N–H and O–H groups in total. The lowest BCUT2D eigenvalue weighted by atomic mass is 9.93. The van der Waals surface area contributed by atoms with Crippen LogP contribution < -0.4 is 0 Å². The van der Waals surface area contributed by atoms with Gasteiger partial charge in [-0.25, -0.2) is 0 Å². The van der Waals surface area contributed by atoms with Crippen LogP contribution in [0.1, 0.15) is 36.5 Å². The highest BCUT2D eigenvalue weighted by molar-refractivity contribution is 9.10. The third kappa shape index (κ3) is 3.16. The minimum atomic E-state index is -0.0845. The predicted octanol–water partition coefficient (Wildman–Crippen LogP) is 3.76. The van der Waals surface area contributed by atoms with E-state index in [1.807, 2.05) is 0 Å². The van der Waals surface area contributed by atoms with Crippen molar-refractivity contribution in [3.63, 3.8) is 0 Å². The first kappa shape index (κ1) is 12.4. The van der Waals surface area contributed by atoms with Gasteiger partial charge in [-0.05, 0) is 26.3 Å². The van der Waals surface area contributed by atoms with Gasteiger partial charge < -0.3 is 0 Å². The highest BCUT2D eigenvalue weighted by Gasteiger charge is 2.20. The average molecular weight is 269 g/mol. The zero-order valence-corrected chi connectivity index (χ0v) is 11.3. The lowest BCUT2D eigenvalue weighted by molar-refractivity contribution is -0.116. The SMILES string of the molecule is CC(=O)C(Br)C(C)c1cc(C)cc(C)c1. The van der Waals surface area contributed by atoms with Crippen LogP contribution in [0.25, 0.3) is 0 Å². The number of carbonyl (C=O) groups is 1. The molecule has 82 valence electrons. The molecule has 1 aromatic rings. The number of Topliss-reactive ketones (excluding diaryl/α,β-unsaturated/α-hetero) is 1. The van der Waals surface area contributed by atoms with Crippen molar-refractivity contribution >= 4 is 21.7 Å². The zero-order valence-electron chi connectivity index (χ0n) is 9.67. The maximum atomic E-state index is 11.3. The molecule has 15 heavy (non-hydrogen) atoms. The van der Waals surface area contributed by atoms with E-state index >= 15 is 0 Å². The summed E-state index contributed by atoms with van der Waals surface area (Å²) in [5, 5.41) is 0. The van der Waals surface area contributed by atoms with Crippen molar-refractivity contribution in [2.24, 2.45) is 0 Å². The molecule has 0 saturated heterocycles. The van der Waals surface area contributed by atoms with Crippen molar-refractivity contribution in [1.82, 2.24) is 0 Å². The summed E-state index contributed by atoms with van der Waals surface area (Å²) < 4.78 is 0. The summed E-state index contributed by atoms with van der Waals surface area (Å²) >= 11 is 3.44. The Morgan fingerprint density at radius 2 is 1.67 bits per heavy atom. The van der Waals surface area contributed by atoms with Gasteiger partial charge >= 0.3 is 0 Å². The topological polar surface area (TPSA) is 17.1 Å². The maximum absolute atomic E-state index is 11.3. The molecule has 1 aromatic carbocycles. The van der Waals surface area contributed by atoms with E-state index in [4.69, 9.17) is 0 Å². The van der Waals surface area contributed by atoms with Crippen LogP contribution in [0.15, 0.2) is 18.2 Å². The summed E-state index contributed by atoms with van der Waals surface area (Å²) in [5.74, 6) is 0.405. The molecule has 0 spiro atoms. The third-order valence-corrected chi connectivity index (χ3v) is 4.03. The van der Waals surface area contributed by atoms with E-state index in [2.05, 4.69) is 54.9 Å². The zero-order chi connectivity index (χ0) is 11.6. The minimum absolute atomic E-state index is 0.0845. The number of alkyl halides is 1. The first-order valence-corrected chi connectivity index (χ1v) is 6.06. The number of halogens is 1. The minimum Gasteiger partial charge on any atom is -0.299 e. The van der Waals surface area contributed by atoms with E-state index in [1.165, 1.54) is 16.7 Å². The molecule has 0 heterocycles. The largest absolute Gasteiger partial charge is 0.299 e. The van der Waals surface area contributed by atoms with E-state index in [0.717, 1.165) is 0 Å². The molecule has 0 aliphatic carbocycles. The molecule has 0 aliphatic rings. The smallest absolute Gasteiger partial charge is 0.144 e. The Labute approximate surface area is 100 Å². The first-order chi connectivity index (χ1) is 6.91. The molecule has 2 heteroatoms.